The van der Waals surface area contributed by atoms with Crippen LogP contribution < -0.4 is 15.1 Å². The van der Waals surface area contributed by atoms with Gasteiger partial charge in [0.05, 0.1) is 5.69 Å². The second-order valence-electron chi connectivity index (χ2n) is 7.12. The molecule has 0 unspecified atom stereocenters. The van der Waals surface area contributed by atoms with Gasteiger partial charge in [0.15, 0.2) is 0 Å². The minimum absolute atomic E-state index is 0.219. The summed E-state index contributed by atoms with van der Waals surface area (Å²) < 4.78 is 0. The number of hydrogen-bond acceptors (Lipinski definition) is 3. The number of carbonyl (C=O) groups excluding carboxylic acids is 1. The maximum atomic E-state index is 12.6. The van der Waals surface area contributed by atoms with Crippen LogP contribution in [0.15, 0.2) is 66.7 Å². The number of benzene rings is 2. The SMILES string of the molecule is CN(C(=O)Nc1ccc(Cl)cc1)c1cccc(-c2cccc(N3CCCC3)n2)c1. The number of pyridine rings is 1. The third kappa shape index (κ3) is 4.51. The van der Waals surface area contributed by atoms with Crippen molar-refractivity contribution in [1.29, 1.82) is 0 Å². The van der Waals surface area contributed by atoms with Gasteiger partial charge in [-0.2, -0.15) is 0 Å². The number of halogens is 1. The number of carbonyl (C=O) groups is 1. The van der Waals surface area contributed by atoms with Crippen LogP contribution in [0.3, 0.4) is 0 Å². The van der Waals surface area contributed by atoms with Crippen LogP contribution in [-0.2, 0) is 0 Å². The Kier molecular flexibility index (Phi) is 5.67. The van der Waals surface area contributed by atoms with E-state index in [1.807, 2.05) is 36.4 Å². The Bertz CT molecular complexity index is 1000. The highest BCUT2D eigenvalue weighted by Gasteiger charge is 2.15. The molecule has 1 aromatic heterocycles. The Hall–Kier alpha value is -3.05. The monoisotopic (exact) mass is 406 g/mol. The number of nitrogens with zero attached hydrogens (tertiary/aromatic N) is 3. The molecule has 5 nitrogen and oxygen atoms in total. The Morgan fingerprint density at radius 1 is 1.03 bits per heavy atom. The number of rotatable bonds is 4. The lowest BCUT2D eigenvalue weighted by molar-refractivity contribution is 0.258. The molecule has 1 N–H and O–H groups in total. The zero-order chi connectivity index (χ0) is 20.2. The highest BCUT2D eigenvalue weighted by Crippen LogP contribution is 2.26. The van der Waals surface area contributed by atoms with E-state index < -0.39 is 0 Å². The molecule has 148 valence electrons. The molecule has 1 aliphatic rings. The molecule has 4 rings (SSSR count). The molecule has 0 saturated carbocycles. The van der Waals surface area contributed by atoms with E-state index in [0.29, 0.717) is 10.7 Å². The van der Waals surface area contributed by atoms with Gasteiger partial charge in [0, 0.05) is 42.1 Å². The number of amides is 2. The van der Waals surface area contributed by atoms with Gasteiger partial charge in [-0.05, 0) is 61.4 Å². The van der Waals surface area contributed by atoms with Crippen LogP contribution in [0.5, 0.6) is 0 Å². The summed E-state index contributed by atoms with van der Waals surface area (Å²) in [6, 6.07) is 20.8. The first-order chi connectivity index (χ1) is 14.1. The molecule has 1 aliphatic heterocycles. The van der Waals surface area contributed by atoms with E-state index in [9.17, 15) is 4.79 Å². The molecule has 0 aliphatic carbocycles. The second kappa shape index (κ2) is 8.53. The normalized spacial score (nSPS) is 13.4. The fourth-order valence-corrected chi connectivity index (χ4v) is 3.56. The highest BCUT2D eigenvalue weighted by atomic mass is 35.5. The van der Waals surface area contributed by atoms with E-state index in [4.69, 9.17) is 16.6 Å². The van der Waals surface area contributed by atoms with Crippen molar-refractivity contribution < 1.29 is 4.79 Å². The number of nitrogens with one attached hydrogen (secondary N) is 1. The molecule has 0 spiro atoms. The molecule has 0 radical (unpaired) electrons. The van der Waals surface area contributed by atoms with Crippen molar-refractivity contribution in [3.63, 3.8) is 0 Å². The topological polar surface area (TPSA) is 48.5 Å². The Morgan fingerprint density at radius 2 is 1.76 bits per heavy atom. The van der Waals surface area contributed by atoms with Gasteiger partial charge in [0.2, 0.25) is 0 Å². The molecule has 3 aromatic rings. The Morgan fingerprint density at radius 3 is 2.52 bits per heavy atom. The van der Waals surface area contributed by atoms with Gasteiger partial charge in [0.1, 0.15) is 5.82 Å². The van der Waals surface area contributed by atoms with Crippen LogP contribution in [0.4, 0.5) is 22.0 Å². The summed E-state index contributed by atoms with van der Waals surface area (Å²) in [7, 11) is 1.75. The van der Waals surface area contributed by atoms with Crippen molar-refractivity contribution in [2.45, 2.75) is 12.8 Å². The summed E-state index contributed by atoms with van der Waals surface area (Å²) in [6.45, 7) is 2.12. The maximum Gasteiger partial charge on any atom is 0.326 e. The average molecular weight is 407 g/mol. The first-order valence-electron chi connectivity index (χ1n) is 9.73. The minimum atomic E-state index is -0.219. The minimum Gasteiger partial charge on any atom is -0.357 e. The Balaban J connectivity index is 1.53. The third-order valence-electron chi connectivity index (χ3n) is 5.09. The molecule has 6 heteroatoms. The van der Waals surface area contributed by atoms with Crippen molar-refractivity contribution >= 4 is 34.8 Å². The van der Waals surface area contributed by atoms with Crippen LogP contribution in [0, 0.1) is 0 Å². The molecular formula is C23H23ClN4O. The fraction of sp³-hybridized carbons (Fsp3) is 0.217. The first-order valence-corrected chi connectivity index (χ1v) is 10.1. The van der Waals surface area contributed by atoms with Gasteiger partial charge in [-0.25, -0.2) is 9.78 Å². The third-order valence-corrected chi connectivity index (χ3v) is 5.35. The lowest BCUT2D eigenvalue weighted by Gasteiger charge is -2.20. The van der Waals surface area contributed by atoms with Crippen LogP contribution in [-0.4, -0.2) is 31.2 Å². The van der Waals surface area contributed by atoms with Crippen LogP contribution in [0.2, 0.25) is 5.02 Å². The quantitative estimate of drug-likeness (QED) is 0.607. The molecule has 1 fully saturated rings. The fourth-order valence-electron chi connectivity index (χ4n) is 3.44. The number of urea groups is 1. The van der Waals surface area contributed by atoms with Crippen molar-refractivity contribution in [2.75, 3.05) is 35.3 Å². The summed E-state index contributed by atoms with van der Waals surface area (Å²) >= 11 is 5.90. The maximum absolute atomic E-state index is 12.6. The number of anilines is 3. The summed E-state index contributed by atoms with van der Waals surface area (Å²) in [4.78, 5) is 21.4. The van der Waals surface area contributed by atoms with Crippen LogP contribution >= 0.6 is 11.6 Å². The van der Waals surface area contributed by atoms with E-state index in [1.54, 1.807) is 36.2 Å². The lowest BCUT2D eigenvalue weighted by atomic mass is 10.1. The lowest BCUT2D eigenvalue weighted by Crippen LogP contribution is -2.31. The standard InChI is InChI=1S/C23H23ClN4O/c1-27(23(29)25-19-12-10-18(24)11-13-19)20-7-4-6-17(16-20)21-8-5-9-22(26-21)28-14-2-3-15-28/h4-13,16H,2-3,14-15H2,1H3,(H,25,29). The zero-order valence-electron chi connectivity index (χ0n) is 16.3. The molecule has 2 amide bonds. The summed E-state index contributed by atoms with van der Waals surface area (Å²) in [5.41, 5.74) is 3.38. The van der Waals surface area contributed by atoms with E-state index >= 15 is 0 Å². The molecule has 0 bridgehead atoms. The predicted octanol–water partition coefficient (Wildman–Crippen LogP) is 5.67. The number of aromatic nitrogens is 1. The van der Waals surface area contributed by atoms with Crippen molar-refractivity contribution in [3.05, 3.63) is 71.8 Å². The van der Waals surface area contributed by atoms with Gasteiger partial charge in [0.25, 0.3) is 0 Å². The van der Waals surface area contributed by atoms with Gasteiger partial charge in [-0.3, -0.25) is 4.90 Å². The van der Waals surface area contributed by atoms with Gasteiger partial charge >= 0.3 is 6.03 Å². The van der Waals surface area contributed by atoms with Crippen molar-refractivity contribution in [1.82, 2.24) is 4.98 Å². The van der Waals surface area contributed by atoms with Crippen LogP contribution in [0.1, 0.15) is 12.8 Å². The van der Waals surface area contributed by atoms with Gasteiger partial charge < -0.3 is 10.2 Å². The van der Waals surface area contributed by atoms with Gasteiger partial charge in [-0.1, -0.05) is 29.8 Å². The van der Waals surface area contributed by atoms with E-state index in [0.717, 1.165) is 35.9 Å². The summed E-state index contributed by atoms with van der Waals surface area (Å²) in [5.74, 6) is 1.01. The zero-order valence-corrected chi connectivity index (χ0v) is 17.1. The molecule has 1 saturated heterocycles. The largest absolute Gasteiger partial charge is 0.357 e. The Labute approximate surface area is 175 Å². The molecule has 0 atom stereocenters. The molecule has 2 aromatic carbocycles. The second-order valence-corrected chi connectivity index (χ2v) is 7.56. The molecule has 2 heterocycles. The number of hydrogen-bond donors (Lipinski definition) is 1. The van der Waals surface area contributed by atoms with Crippen LogP contribution in [0.25, 0.3) is 11.3 Å². The van der Waals surface area contributed by atoms with E-state index in [2.05, 4.69) is 16.3 Å². The molecule has 29 heavy (non-hydrogen) atoms. The average Bonchev–Trinajstić information content (AvgIpc) is 3.30. The summed E-state index contributed by atoms with van der Waals surface area (Å²) in [6.07, 6.45) is 2.43. The van der Waals surface area contributed by atoms with Gasteiger partial charge in [-0.15, -0.1) is 0 Å². The van der Waals surface area contributed by atoms with Crippen molar-refractivity contribution in [2.24, 2.45) is 0 Å². The highest BCUT2D eigenvalue weighted by molar-refractivity contribution is 6.30. The smallest absolute Gasteiger partial charge is 0.326 e. The predicted molar refractivity (Wildman–Crippen MR) is 120 cm³/mol. The van der Waals surface area contributed by atoms with E-state index in [-0.39, 0.29) is 6.03 Å². The first kappa shape index (κ1) is 19.3. The van der Waals surface area contributed by atoms with E-state index in [1.165, 1.54) is 12.8 Å². The molecular weight excluding hydrogens is 384 g/mol. The summed E-state index contributed by atoms with van der Waals surface area (Å²) in [5, 5.41) is 3.51. The van der Waals surface area contributed by atoms with Crippen molar-refractivity contribution in [3.8, 4) is 11.3 Å².